The van der Waals surface area contributed by atoms with Crippen LogP contribution in [-0.2, 0) is 20.4 Å². The summed E-state index contributed by atoms with van der Waals surface area (Å²) >= 11 is 0. The standard InChI is InChI=1S/C76H23N3O2.C2HF3O2/c1-79-11-75-69-61-53-43-33-25-17-15-16-19-23-21(17)29-37-31(23)41-35-27(19)28-20(16)24-22-18(15)26(25)34-40-30(22)38-32(24)42-36(28)46-45(35)57-51(41)59-49(37)55(47(53)39(29)33)63(69)65(59)71-67(57)68-58(46)52(42)60-50(38)56-48(40)54(44(34)43)62(61)70(75)64(56)66(60)72(68)76(71,75)73(79)13-7-5-12(6-8-13)10-78-14(74(80)81)4-2-3-9-77;3-2(4,5)1(6)7/h5-8,10,14,73H,2-4,9,11,77H2,1H3,(H,80,81);(H,6,7)/t14-,73?,75?,76?;/m0./s1. The van der Waals surface area contributed by atoms with E-state index in [1.54, 1.807) is 313 Å². The van der Waals surface area contributed by atoms with Crippen LogP contribution in [0.3, 0.4) is 0 Å². The molecule has 0 radical (unpaired) electrons. The number of likely N-dealkylation sites (tertiary alicyclic amines) is 1. The highest BCUT2D eigenvalue weighted by Crippen LogP contribution is 2.87. The summed E-state index contributed by atoms with van der Waals surface area (Å²) in [6, 6.07) is 8.66. The number of carbonyl (C=O) groups is 2. The van der Waals surface area contributed by atoms with E-state index in [2.05, 4.69) is 36.2 Å². The van der Waals surface area contributed by atoms with Gasteiger partial charge in [-0.25, -0.2) is 9.59 Å². The molecule has 0 amide bonds. The Morgan fingerprint density at radius 1 is 0.466 bits per heavy atom. The van der Waals surface area contributed by atoms with Gasteiger partial charge in [-0.1, -0.05) is 24.3 Å². The first-order valence-corrected chi connectivity index (χ1v) is 31.4. The van der Waals surface area contributed by atoms with Gasteiger partial charge in [0, 0.05) is 18.8 Å². The van der Waals surface area contributed by atoms with E-state index in [0.717, 1.165) is 24.9 Å². The van der Waals surface area contributed by atoms with E-state index in [0.29, 0.717) is 13.0 Å². The number of aliphatic imine (C=N–C) groups is 1. The minimum Gasteiger partial charge on any atom is -0.480 e. The fraction of sp³-hybridized carbons (Fsp3) is 0.141. The van der Waals surface area contributed by atoms with Crippen molar-refractivity contribution in [2.24, 2.45) is 10.7 Å². The Hall–Kier alpha value is -10.00. The maximum Gasteiger partial charge on any atom is 0.490 e. The van der Waals surface area contributed by atoms with Crippen molar-refractivity contribution in [1.29, 1.82) is 0 Å². The van der Waals surface area contributed by atoms with Gasteiger partial charge in [0.05, 0.1) is 10.8 Å². The molecule has 29 aromatic carbocycles. The first kappa shape index (κ1) is 38.9. The number of rotatable bonds is 8. The van der Waals surface area contributed by atoms with Crippen LogP contribution in [0.25, 0.3) is 291 Å². The number of nitrogens with two attached hydrogens (primary N) is 1. The maximum atomic E-state index is 12.5. The smallest absolute Gasteiger partial charge is 0.480 e. The van der Waals surface area contributed by atoms with Gasteiger partial charge in [-0.3, -0.25) is 9.89 Å². The average molecular weight is 1120 g/mol. The predicted molar refractivity (Wildman–Crippen MR) is 351 cm³/mol. The molecule has 1 fully saturated rings. The van der Waals surface area contributed by atoms with Crippen LogP contribution in [0.1, 0.15) is 58.7 Å². The van der Waals surface area contributed by atoms with Crippen molar-refractivity contribution >= 4 is 309 Å². The number of carboxylic acids is 2. The Kier molecular flexibility index (Phi) is 4.30. The predicted octanol–water partition coefficient (Wildman–Crippen LogP) is 18.6. The highest BCUT2D eigenvalue weighted by atomic mass is 19.4. The molecule has 1 heterocycles. The molecule has 1 aliphatic heterocycles. The molecule has 88 heavy (non-hydrogen) atoms. The molecule has 2 atom stereocenters. The molecule has 4 aliphatic carbocycles. The number of nitrogens with zero attached hydrogens (tertiary/aromatic N) is 2. The number of aliphatic carboxylic acids is 2. The third-order valence-electron chi connectivity index (χ3n) is 28.0. The third kappa shape index (κ3) is 2.52. The number of likely N-dealkylation sites (N-methyl/N-ethyl adjacent to an activating group) is 1. The number of hydrogen-bond donors (Lipinski definition) is 3. The van der Waals surface area contributed by atoms with Crippen LogP contribution in [0.5, 0.6) is 0 Å². The van der Waals surface area contributed by atoms with Gasteiger partial charge >= 0.3 is 18.1 Å². The topological polar surface area (TPSA) is 116 Å². The molecule has 34 rings (SSSR count). The Labute approximate surface area is 481 Å². The van der Waals surface area contributed by atoms with Crippen molar-refractivity contribution < 1.29 is 33.0 Å². The second-order valence-electron chi connectivity index (χ2n) is 29.7. The van der Waals surface area contributed by atoms with Gasteiger partial charge in [0.2, 0.25) is 0 Å². The zero-order valence-electron chi connectivity index (χ0n) is 45.4. The van der Waals surface area contributed by atoms with Crippen molar-refractivity contribution in [1.82, 2.24) is 4.90 Å². The lowest BCUT2D eigenvalue weighted by molar-refractivity contribution is -0.192. The zero-order valence-corrected chi connectivity index (χ0v) is 45.4. The molecule has 396 valence electrons. The monoisotopic (exact) mass is 1120 g/mol. The molecule has 0 aromatic heterocycles. The molecule has 2 spiro atoms. The number of alkyl halides is 3. The molecule has 1 unspecified atom stereocenters. The van der Waals surface area contributed by atoms with Crippen LogP contribution in [0.15, 0.2) is 29.3 Å². The fourth-order valence-corrected chi connectivity index (χ4v) is 27.2. The van der Waals surface area contributed by atoms with E-state index in [-0.39, 0.29) is 11.5 Å². The Morgan fingerprint density at radius 2 is 0.716 bits per heavy atom. The van der Waals surface area contributed by atoms with Crippen LogP contribution in [0, 0.1) is 0 Å². The van der Waals surface area contributed by atoms with Gasteiger partial charge in [0.1, 0.15) is 6.04 Å². The number of halogens is 3. The van der Waals surface area contributed by atoms with Gasteiger partial charge in [-0.05, 0) is 357 Å². The van der Waals surface area contributed by atoms with Gasteiger partial charge in [0.15, 0.2) is 0 Å². The highest BCUT2D eigenvalue weighted by Gasteiger charge is 2.76. The second kappa shape index (κ2) is 9.71. The third-order valence-corrected chi connectivity index (χ3v) is 28.0. The van der Waals surface area contributed by atoms with Crippen LogP contribution < -0.4 is 5.73 Å². The van der Waals surface area contributed by atoms with Crippen molar-refractivity contribution in [2.75, 3.05) is 20.1 Å². The quantitative estimate of drug-likeness (QED) is 0.0793. The first-order chi connectivity index (χ1) is 43.0. The Bertz CT molecular complexity index is 7880. The van der Waals surface area contributed by atoms with Crippen LogP contribution in [0.4, 0.5) is 13.2 Å². The number of hydrogen-bond acceptors (Lipinski definition) is 5. The highest BCUT2D eigenvalue weighted by molar-refractivity contribution is 6.82. The number of carboxylic acid groups (broad SMARTS) is 2. The Balaban J connectivity index is 0.000000585. The van der Waals surface area contributed by atoms with E-state index in [9.17, 15) is 23.1 Å². The van der Waals surface area contributed by atoms with E-state index in [1.165, 1.54) is 5.56 Å². The molecular weight excluding hydrogens is 1100 g/mol. The molecule has 0 saturated carbocycles. The molecule has 10 heteroatoms. The van der Waals surface area contributed by atoms with Crippen LogP contribution in [-0.4, -0.2) is 65.6 Å². The van der Waals surface area contributed by atoms with Crippen molar-refractivity contribution in [3.8, 4) is 0 Å². The molecule has 7 nitrogen and oxygen atoms in total. The molecular formula is C78H24F3N3O4. The van der Waals surface area contributed by atoms with Crippen molar-refractivity contribution in [3.63, 3.8) is 0 Å². The summed E-state index contributed by atoms with van der Waals surface area (Å²) in [5.41, 5.74) is 14.2. The number of unbranched alkanes of at least 4 members (excludes halogenated alkanes) is 1. The normalized spacial score (nSPS) is 21.9. The second-order valence-corrected chi connectivity index (χ2v) is 29.7. The van der Waals surface area contributed by atoms with E-state index >= 15 is 0 Å². The minimum atomic E-state index is -5.08. The van der Waals surface area contributed by atoms with E-state index in [4.69, 9.17) is 20.6 Å². The van der Waals surface area contributed by atoms with Gasteiger partial charge in [-0.2, -0.15) is 13.2 Å². The zero-order chi connectivity index (χ0) is 55.8. The van der Waals surface area contributed by atoms with Gasteiger partial charge in [-0.15, -0.1) is 0 Å². The SMILES string of the molecule is CN1CC23c4c5c6c7c8c9c(c%10c%11c2c2c4c4c%12c5c5c6c6c8c8c%13c9c9c%10c%10c%11c%11c2c2c4c4c%12c%12c5c5c6c8c6c8c%13c9c9c%10c%10c%11c2c2c4c4c%12c5c6c5c8c9c%10c2c45)C73C1c1ccc(C=N[C@@H](CCCCN)C(=O)O)cc1.O=C(O)C(F)(F)F. The maximum absolute atomic E-state index is 12.5. The lowest BCUT2D eigenvalue weighted by atomic mass is 9.47. The largest absolute Gasteiger partial charge is 0.490 e. The van der Waals surface area contributed by atoms with Crippen LogP contribution >= 0.6 is 0 Å². The minimum absolute atomic E-state index is 0.0299. The summed E-state index contributed by atoms with van der Waals surface area (Å²) in [6.07, 6.45) is -1.20. The first-order valence-electron chi connectivity index (χ1n) is 31.4. The molecule has 1 saturated heterocycles. The summed E-state index contributed by atoms with van der Waals surface area (Å²) in [5, 5.41) is 105. The summed E-state index contributed by atoms with van der Waals surface area (Å²) in [4.78, 5) is 29.1. The summed E-state index contributed by atoms with van der Waals surface area (Å²) in [5.74, 6) is -3.63. The van der Waals surface area contributed by atoms with Crippen molar-refractivity contribution in [3.05, 3.63) is 57.6 Å². The van der Waals surface area contributed by atoms with E-state index in [1.807, 2.05) is 6.21 Å². The molecule has 5 aliphatic rings. The van der Waals surface area contributed by atoms with Gasteiger partial charge in [0.25, 0.3) is 0 Å². The summed E-state index contributed by atoms with van der Waals surface area (Å²) in [7, 11) is 2.52. The number of benzene rings is 19. The lowest BCUT2D eigenvalue weighted by Crippen LogP contribution is -2.51. The summed E-state index contributed by atoms with van der Waals surface area (Å²) < 4.78 is 31.7. The average Bonchev–Trinajstić information content (AvgIpc) is 1.38. The molecule has 4 N–H and O–H groups in total. The van der Waals surface area contributed by atoms with Crippen LogP contribution in [0.2, 0.25) is 0 Å². The lowest BCUT2D eigenvalue weighted by Gasteiger charge is -2.52. The molecule has 29 aromatic rings. The summed E-state index contributed by atoms with van der Waals surface area (Å²) in [6.45, 7) is 1.52. The molecule has 0 bridgehead atoms. The van der Waals surface area contributed by atoms with Crippen molar-refractivity contribution in [2.45, 2.75) is 48.4 Å². The van der Waals surface area contributed by atoms with E-state index < -0.39 is 29.6 Å². The Morgan fingerprint density at radius 3 is 0.955 bits per heavy atom. The fourth-order valence-electron chi connectivity index (χ4n) is 27.2. The van der Waals surface area contributed by atoms with Gasteiger partial charge < -0.3 is 15.9 Å².